The molecule has 0 amide bonds. The van der Waals surface area contributed by atoms with Crippen molar-refractivity contribution in [2.24, 2.45) is 0 Å². The average molecular weight is 279 g/mol. The molecule has 100 valence electrons. The molecular formula is C12H13N3O3S. The van der Waals surface area contributed by atoms with Gasteiger partial charge in [-0.25, -0.2) is 13.4 Å². The maximum absolute atomic E-state index is 12.3. The van der Waals surface area contributed by atoms with Crippen molar-refractivity contribution in [1.82, 2.24) is 9.97 Å². The van der Waals surface area contributed by atoms with E-state index in [1.807, 2.05) is 0 Å². The molecule has 0 aromatic carbocycles. The molecule has 2 rings (SSSR count). The number of rotatable bonds is 4. The third kappa shape index (κ3) is 2.82. The minimum Gasteiger partial charge on any atom is -0.481 e. The highest BCUT2D eigenvalue weighted by molar-refractivity contribution is 7.90. The molecule has 0 radical (unpaired) electrons. The Morgan fingerprint density at radius 1 is 1.32 bits per heavy atom. The number of hydrogen-bond acceptors (Lipinski definition) is 6. The molecular weight excluding hydrogens is 266 g/mol. The largest absolute Gasteiger partial charge is 0.481 e. The second-order valence-corrected chi connectivity index (χ2v) is 5.80. The highest BCUT2D eigenvalue weighted by Crippen LogP contribution is 2.24. The van der Waals surface area contributed by atoms with Crippen molar-refractivity contribution in [2.75, 3.05) is 12.8 Å². The number of hydrogen-bond donors (Lipinski definition) is 1. The lowest BCUT2D eigenvalue weighted by atomic mass is 10.3. The summed E-state index contributed by atoms with van der Waals surface area (Å²) in [5.41, 5.74) is 6.26. The molecule has 0 fully saturated rings. The summed E-state index contributed by atoms with van der Waals surface area (Å²) in [5.74, 6) is 0.0665. The second-order valence-electron chi connectivity index (χ2n) is 3.84. The number of sulfone groups is 1. The highest BCUT2D eigenvalue weighted by Gasteiger charge is 2.20. The van der Waals surface area contributed by atoms with E-state index < -0.39 is 9.84 Å². The van der Waals surface area contributed by atoms with Crippen LogP contribution in [0, 0.1) is 0 Å². The Balaban J connectivity index is 2.40. The van der Waals surface area contributed by atoms with Crippen molar-refractivity contribution in [1.29, 1.82) is 0 Å². The maximum atomic E-state index is 12.3. The molecule has 0 aliphatic heterocycles. The van der Waals surface area contributed by atoms with Gasteiger partial charge in [0.2, 0.25) is 5.88 Å². The topological polar surface area (TPSA) is 95.2 Å². The van der Waals surface area contributed by atoms with Crippen molar-refractivity contribution < 1.29 is 13.2 Å². The molecule has 7 heteroatoms. The first-order valence-electron chi connectivity index (χ1n) is 5.44. The summed E-state index contributed by atoms with van der Waals surface area (Å²) < 4.78 is 29.6. The Morgan fingerprint density at radius 3 is 2.79 bits per heavy atom. The van der Waals surface area contributed by atoms with Gasteiger partial charge in [-0.3, -0.25) is 4.98 Å². The van der Waals surface area contributed by atoms with Gasteiger partial charge in [0, 0.05) is 18.0 Å². The van der Waals surface area contributed by atoms with Crippen molar-refractivity contribution in [2.45, 2.75) is 10.6 Å². The van der Waals surface area contributed by atoms with Crippen LogP contribution >= 0.6 is 0 Å². The van der Waals surface area contributed by atoms with E-state index >= 15 is 0 Å². The predicted molar refractivity (Wildman–Crippen MR) is 70.3 cm³/mol. The van der Waals surface area contributed by atoms with Crippen LogP contribution in [0.2, 0.25) is 0 Å². The van der Waals surface area contributed by atoms with Crippen LogP contribution in [-0.4, -0.2) is 25.5 Å². The van der Waals surface area contributed by atoms with Gasteiger partial charge in [-0.05, 0) is 12.1 Å². The second kappa shape index (κ2) is 5.23. The number of aromatic nitrogens is 2. The van der Waals surface area contributed by atoms with Crippen molar-refractivity contribution in [3.05, 3.63) is 42.4 Å². The molecule has 0 unspecified atom stereocenters. The minimum atomic E-state index is -3.56. The van der Waals surface area contributed by atoms with E-state index in [2.05, 4.69) is 9.97 Å². The van der Waals surface area contributed by atoms with Crippen LogP contribution in [0.3, 0.4) is 0 Å². The van der Waals surface area contributed by atoms with Gasteiger partial charge in [-0.2, -0.15) is 0 Å². The molecule has 19 heavy (non-hydrogen) atoms. The third-order valence-corrected chi connectivity index (χ3v) is 4.27. The van der Waals surface area contributed by atoms with Crippen LogP contribution in [0.1, 0.15) is 5.56 Å². The fourth-order valence-corrected chi connectivity index (χ4v) is 3.14. The molecule has 0 spiro atoms. The predicted octanol–water partition coefficient (Wildman–Crippen LogP) is 1.04. The van der Waals surface area contributed by atoms with Gasteiger partial charge < -0.3 is 10.5 Å². The number of pyridine rings is 2. The number of nitrogens with two attached hydrogens (primary N) is 1. The van der Waals surface area contributed by atoms with E-state index in [1.165, 1.54) is 31.8 Å². The molecule has 6 nitrogen and oxygen atoms in total. The Hall–Kier alpha value is -2.15. The first-order valence-corrected chi connectivity index (χ1v) is 7.10. The van der Waals surface area contributed by atoms with Gasteiger partial charge >= 0.3 is 0 Å². The Labute approximate surface area is 111 Å². The third-order valence-electron chi connectivity index (χ3n) is 2.53. The molecule has 2 heterocycles. The van der Waals surface area contributed by atoms with E-state index in [-0.39, 0.29) is 16.3 Å². The standard InChI is InChI=1S/C12H13N3O3S/c1-18-12-9(3-2-5-15-12)8-19(16,17)11-4-6-14-7-10(11)13/h2-7H,8,13H2,1H3. The minimum absolute atomic E-state index is 0.0633. The van der Waals surface area contributed by atoms with Crippen LogP contribution in [0.5, 0.6) is 5.88 Å². The molecule has 0 saturated heterocycles. The zero-order valence-electron chi connectivity index (χ0n) is 10.3. The Kier molecular flexibility index (Phi) is 3.66. The van der Waals surface area contributed by atoms with Crippen LogP contribution in [0.4, 0.5) is 5.69 Å². The average Bonchev–Trinajstić information content (AvgIpc) is 2.39. The fourth-order valence-electron chi connectivity index (χ4n) is 1.68. The first-order chi connectivity index (χ1) is 9.04. The highest BCUT2D eigenvalue weighted by atomic mass is 32.2. The Bertz CT molecular complexity index is 686. The summed E-state index contributed by atoms with van der Waals surface area (Å²) in [6.45, 7) is 0. The number of methoxy groups -OCH3 is 1. The molecule has 2 aromatic rings. The number of anilines is 1. The summed E-state index contributed by atoms with van der Waals surface area (Å²) in [4.78, 5) is 7.80. The van der Waals surface area contributed by atoms with Gasteiger partial charge in [0.05, 0.1) is 29.6 Å². The molecule has 0 bridgehead atoms. The molecule has 2 aromatic heterocycles. The summed E-state index contributed by atoms with van der Waals surface area (Å²) in [6, 6.07) is 4.69. The maximum Gasteiger partial charge on any atom is 0.217 e. The zero-order valence-corrected chi connectivity index (χ0v) is 11.1. The fraction of sp³-hybridized carbons (Fsp3) is 0.167. The monoisotopic (exact) mass is 279 g/mol. The smallest absolute Gasteiger partial charge is 0.217 e. The van der Waals surface area contributed by atoms with E-state index in [0.717, 1.165) is 0 Å². The summed E-state index contributed by atoms with van der Waals surface area (Å²) >= 11 is 0. The van der Waals surface area contributed by atoms with Gasteiger partial charge in [-0.15, -0.1) is 0 Å². The molecule has 2 N–H and O–H groups in total. The zero-order chi connectivity index (χ0) is 13.9. The lowest BCUT2D eigenvalue weighted by Crippen LogP contribution is -2.09. The number of nitrogen functional groups attached to an aromatic ring is 1. The van der Waals surface area contributed by atoms with Crippen molar-refractivity contribution >= 4 is 15.5 Å². The van der Waals surface area contributed by atoms with Crippen LogP contribution in [-0.2, 0) is 15.6 Å². The van der Waals surface area contributed by atoms with Crippen molar-refractivity contribution in [3.8, 4) is 5.88 Å². The molecule has 0 aliphatic rings. The number of nitrogens with zero attached hydrogens (tertiary/aromatic N) is 2. The van der Waals surface area contributed by atoms with E-state index in [0.29, 0.717) is 11.4 Å². The van der Waals surface area contributed by atoms with Crippen LogP contribution in [0.25, 0.3) is 0 Å². The normalized spacial score (nSPS) is 11.2. The van der Waals surface area contributed by atoms with Gasteiger partial charge in [0.15, 0.2) is 9.84 Å². The quantitative estimate of drug-likeness (QED) is 0.898. The summed E-state index contributed by atoms with van der Waals surface area (Å²) in [7, 11) is -2.12. The van der Waals surface area contributed by atoms with Crippen LogP contribution < -0.4 is 10.5 Å². The number of ether oxygens (including phenoxy) is 1. The first kappa shape index (κ1) is 13.3. The molecule has 0 saturated carbocycles. The van der Waals surface area contributed by atoms with Crippen LogP contribution in [0.15, 0.2) is 41.7 Å². The van der Waals surface area contributed by atoms with E-state index in [4.69, 9.17) is 10.5 Å². The van der Waals surface area contributed by atoms with Gasteiger partial charge in [0.25, 0.3) is 0 Å². The van der Waals surface area contributed by atoms with Gasteiger partial charge in [-0.1, -0.05) is 6.07 Å². The van der Waals surface area contributed by atoms with Crippen molar-refractivity contribution in [3.63, 3.8) is 0 Å². The lowest BCUT2D eigenvalue weighted by molar-refractivity contribution is 0.394. The van der Waals surface area contributed by atoms with E-state index in [9.17, 15) is 8.42 Å². The van der Waals surface area contributed by atoms with Gasteiger partial charge in [0.1, 0.15) is 0 Å². The lowest BCUT2D eigenvalue weighted by Gasteiger charge is -2.09. The molecule has 0 aliphatic carbocycles. The van der Waals surface area contributed by atoms with E-state index in [1.54, 1.807) is 12.1 Å². The molecule has 0 atom stereocenters. The summed E-state index contributed by atoms with van der Waals surface area (Å²) in [6.07, 6.45) is 4.24. The Morgan fingerprint density at radius 2 is 2.11 bits per heavy atom. The SMILES string of the molecule is COc1ncccc1CS(=O)(=O)c1ccncc1N. The summed E-state index contributed by atoms with van der Waals surface area (Å²) in [5, 5.41) is 0.